The molecule has 1 heterocycles. The smallest absolute Gasteiger partial charge is 0.412 e. The Bertz CT molecular complexity index is 829. The highest BCUT2D eigenvalue weighted by Gasteiger charge is 2.12. The summed E-state index contributed by atoms with van der Waals surface area (Å²) >= 11 is 0. The topological polar surface area (TPSA) is 89.4 Å². The molecule has 0 fully saturated rings. The molecule has 28 heavy (non-hydrogen) atoms. The number of aromatic nitrogens is 1. The molecule has 1 aromatic heterocycles. The van der Waals surface area contributed by atoms with Crippen molar-refractivity contribution < 1.29 is 14.3 Å². The molecular weight excluding hydrogens is 358 g/mol. The minimum atomic E-state index is -0.725. The predicted molar refractivity (Wildman–Crippen MR) is 108 cm³/mol. The first kappa shape index (κ1) is 21.2. The molecule has 0 aliphatic rings. The Morgan fingerprint density at radius 1 is 1.07 bits per heavy atom. The van der Waals surface area contributed by atoms with E-state index in [1.54, 1.807) is 6.07 Å². The van der Waals surface area contributed by atoms with Crippen molar-refractivity contribution in [2.45, 2.75) is 39.8 Å². The lowest BCUT2D eigenvalue weighted by molar-refractivity contribution is -0.121. The van der Waals surface area contributed by atoms with Crippen molar-refractivity contribution in [1.82, 2.24) is 9.88 Å². The quantitative estimate of drug-likeness (QED) is 0.694. The molecule has 7 heteroatoms. The van der Waals surface area contributed by atoms with E-state index in [-0.39, 0.29) is 24.7 Å². The van der Waals surface area contributed by atoms with Gasteiger partial charge in [-0.1, -0.05) is 57.0 Å². The summed E-state index contributed by atoms with van der Waals surface area (Å²) in [6.45, 7) is 4.75. The number of amides is 2. The van der Waals surface area contributed by atoms with Gasteiger partial charge in [0.1, 0.15) is 18.8 Å². The predicted octanol–water partition coefficient (Wildman–Crippen LogP) is 3.15. The fraction of sp³-hybridized carbons (Fsp3) is 0.381. The second kappa shape index (κ2) is 10.9. The Hall–Kier alpha value is -3.09. The van der Waals surface area contributed by atoms with Crippen molar-refractivity contribution in [3.63, 3.8) is 0 Å². The highest BCUT2D eigenvalue weighted by Crippen LogP contribution is 2.06. The van der Waals surface area contributed by atoms with Gasteiger partial charge in [0.15, 0.2) is 0 Å². The summed E-state index contributed by atoms with van der Waals surface area (Å²) < 4.78 is 6.38. The maximum absolute atomic E-state index is 12.5. The molecule has 0 saturated heterocycles. The van der Waals surface area contributed by atoms with E-state index in [0.29, 0.717) is 12.5 Å². The number of carbonyl (C=O) groups is 2. The van der Waals surface area contributed by atoms with Crippen molar-refractivity contribution in [3.8, 4) is 0 Å². The van der Waals surface area contributed by atoms with Crippen LogP contribution in [0.1, 0.15) is 32.3 Å². The Kier molecular flexibility index (Phi) is 8.27. The van der Waals surface area contributed by atoms with E-state index in [2.05, 4.69) is 24.5 Å². The lowest BCUT2D eigenvalue weighted by Crippen LogP contribution is -2.35. The SMILES string of the molecule is CCC(CC)CNC(=O)Cn1cccc(NC(=O)OCc2ccccc2)c1=O. The zero-order valence-corrected chi connectivity index (χ0v) is 16.3. The van der Waals surface area contributed by atoms with Crippen LogP contribution in [0.25, 0.3) is 0 Å². The standard InChI is InChI=1S/C21H27N3O4/c1-3-16(4-2)13-22-19(25)14-24-12-8-11-18(20(24)26)23-21(27)28-15-17-9-6-5-7-10-17/h5-12,16H,3-4,13-15H2,1-2H3,(H,22,25)(H,23,27). The lowest BCUT2D eigenvalue weighted by Gasteiger charge is -2.14. The van der Waals surface area contributed by atoms with Crippen LogP contribution in [0, 0.1) is 5.92 Å². The van der Waals surface area contributed by atoms with Crippen molar-refractivity contribution in [3.05, 3.63) is 64.6 Å². The first-order valence-electron chi connectivity index (χ1n) is 9.47. The molecule has 2 N–H and O–H groups in total. The van der Waals surface area contributed by atoms with Gasteiger partial charge in [-0.05, 0) is 23.6 Å². The van der Waals surface area contributed by atoms with E-state index in [1.165, 1.54) is 16.8 Å². The summed E-state index contributed by atoms with van der Waals surface area (Å²) in [5.74, 6) is 0.186. The Morgan fingerprint density at radius 3 is 2.46 bits per heavy atom. The summed E-state index contributed by atoms with van der Waals surface area (Å²) in [6.07, 6.45) is 2.76. The molecule has 2 rings (SSSR count). The van der Waals surface area contributed by atoms with Crippen molar-refractivity contribution >= 4 is 17.7 Å². The molecule has 0 aliphatic carbocycles. The molecule has 0 unspecified atom stereocenters. The Labute approximate surface area is 164 Å². The van der Waals surface area contributed by atoms with E-state index in [4.69, 9.17) is 4.74 Å². The maximum atomic E-state index is 12.5. The number of anilines is 1. The molecule has 2 amide bonds. The van der Waals surface area contributed by atoms with Crippen LogP contribution >= 0.6 is 0 Å². The minimum Gasteiger partial charge on any atom is -0.444 e. The molecular formula is C21H27N3O4. The van der Waals surface area contributed by atoms with Crippen LogP contribution in [0.3, 0.4) is 0 Å². The van der Waals surface area contributed by atoms with Gasteiger partial charge in [0.25, 0.3) is 5.56 Å². The third-order valence-electron chi connectivity index (χ3n) is 4.53. The molecule has 0 atom stereocenters. The number of hydrogen-bond donors (Lipinski definition) is 2. The largest absolute Gasteiger partial charge is 0.444 e. The molecule has 0 bridgehead atoms. The van der Waals surface area contributed by atoms with E-state index in [1.807, 2.05) is 30.3 Å². The minimum absolute atomic E-state index is 0.0633. The lowest BCUT2D eigenvalue weighted by atomic mass is 10.0. The average Bonchev–Trinajstić information content (AvgIpc) is 2.71. The molecule has 2 aromatic rings. The third kappa shape index (κ3) is 6.57. The number of hydrogen-bond acceptors (Lipinski definition) is 4. The second-order valence-corrected chi connectivity index (χ2v) is 6.53. The van der Waals surface area contributed by atoms with Crippen LogP contribution in [0.4, 0.5) is 10.5 Å². The van der Waals surface area contributed by atoms with Gasteiger partial charge in [0, 0.05) is 12.7 Å². The summed E-state index contributed by atoms with van der Waals surface area (Å²) in [5, 5.41) is 5.28. The van der Waals surface area contributed by atoms with Gasteiger partial charge < -0.3 is 14.6 Å². The summed E-state index contributed by atoms with van der Waals surface area (Å²) in [6, 6.07) is 12.3. The molecule has 7 nitrogen and oxygen atoms in total. The first-order chi connectivity index (χ1) is 13.5. The fourth-order valence-electron chi connectivity index (χ4n) is 2.67. The van der Waals surface area contributed by atoms with E-state index >= 15 is 0 Å². The highest BCUT2D eigenvalue weighted by molar-refractivity contribution is 5.84. The Balaban J connectivity index is 1.91. The van der Waals surface area contributed by atoms with Crippen molar-refractivity contribution in [1.29, 1.82) is 0 Å². The van der Waals surface area contributed by atoms with Gasteiger partial charge in [-0.15, -0.1) is 0 Å². The van der Waals surface area contributed by atoms with E-state index < -0.39 is 11.7 Å². The fourth-order valence-corrected chi connectivity index (χ4v) is 2.67. The van der Waals surface area contributed by atoms with Gasteiger partial charge in [-0.25, -0.2) is 4.79 Å². The number of carbonyl (C=O) groups excluding carboxylic acids is 2. The number of rotatable bonds is 9. The average molecular weight is 385 g/mol. The van der Waals surface area contributed by atoms with Crippen LogP contribution < -0.4 is 16.2 Å². The summed E-state index contributed by atoms with van der Waals surface area (Å²) in [7, 11) is 0. The van der Waals surface area contributed by atoms with Crippen LogP contribution in [0.2, 0.25) is 0 Å². The molecule has 1 aromatic carbocycles. The van der Waals surface area contributed by atoms with Crippen LogP contribution in [-0.4, -0.2) is 23.1 Å². The Morgan fingerprint density at radius 2 is 1.79 bits per heavy atom. The number of nitrogens with zero attached hydrogens (tertiary/aromatic N) is 1. The molecule has 0 saturated carbocycles. The summed E-state index contributed by atoms with van der Waals surface area (Å²) in [4.78, 5) is 36.5. The molecule has 0 spiro atoms. The molecule has 0 radical (unpaired) electrons. The zero-order valence-electron chi connectivity index (χ0n) is 16.3. The van der Waals surface area contributed by atoms with Crippen molar-refractivity contribution in [2.24, 2.45) is 5.92 Å². The van der Waals surface area contributed by atoms with Crippen molar-refractivity contribution in [2.75, 3.05) is 11.9 Å². The molecule has 0 aliphatic heterocycles. The maximum Gasteiger partial charge on any atom is 0.412 e. The monoisotopic (exact) mass is 385 g/mol. The van der Waals surface area contributed by atoms with E-state index in [9.17, 15) is 14.4 Å². The number of ether oxygens (including phenoxy) is 1. The first-order valence-corrected chi connectivity index (χ1v) is 9.47. The second-order valence-electron chi connectivity index (χ2n) is 6.53. The normalized spacial score (nSPS) is 10.5. The summed E-state index contributed by atoms with van der Waals surface area (Å²) in [5.41, 5.74) is 0.447. The van der Waals surface area contributed by atoms with Gasteiger partial charge in [0.2, 0.25) is 5.91 Å². The van der Waals surface area contributed by atoms with E-state index in [0.717, 1.165) is 18.4 Å². The van der Waals surface area contributed by atoms with Gasteiger partial charge in [-0.3, -0.25) is 14.9 Å². The zero-order chi connectivity index (χ0) is 20.4. The number of benzene rings is 1. The van der Waals surface area contributed by atoms with Crippen LogP contribution in [0.5, 0.6) is 0 Å². The number of pyridine rings is 1. The highest BCUT2D eigenvalue weighted by atomic mass is 16.5. The van der Waals surface area contributed by atoms with Crippen LogP contribution in [0.15, 0.2) is 53.5 Å². The molecule has 150 valence electrons. The van der Waals surface area contributed by atoms with Gasteiger partial charge >= 0.3 is 6.09 Å². The number of nitrogens with one attached hydrogen (secondary N) is 2. The van der Waals surface area contributed by atoms with Gasteiger partial charge in [-0.2, -0.15) is 0 Å². The van der Waals surface area contributed by atoms with Crippen LogP contribution in [-0.2, 0) is 22.7 Å². The third-order valence-corrected chi connectivity index (χ3v) is 4.53. The van der Waals surface area contributed by atoms with Gasteiger partial charge in [0.05, 0.1) is 0 Å².